The number of aromatic nitrogens is 2. The van der Waals surface area contributed by atoms with Gasteiger partial charge in [-0.25, -0.2) is 4.98 Å². The van der Waals surface area contributed by atoms with Gasteiger partial charge >= 0.3 is 0 Å². The van der Waals surface area contributed by atoms with Crippen molar-refractivity contribution >= 4 is 5.82 Å². The van der Waals surface area contributed by atoms with Crippen LogP contribution in [0.15, 0.2) is 24.5 Å². The van der Waals surface area contributed by atoms with E-state index in [2.05, 4.69) is 4.98 Å². The molecule has 0 atom stereocenters. The molecule has 5 nitrogen and oxygen atoms in total. The lowest BCUT2D eigenvalue weighted by atomic mass is 10.1. The Morgan fingerprint density at radius 2 is 2.06 bits per heavy atom. The van der Waals surface area contributed by atoms with Crippen molar-refractivity contribution < 1.29 is 9.47 Å². The molecule has 2 N–H and O–H groups in total. The van der Waals surface area contributed by atoms with Crippen LogP contribution < -0.4 is 15.2 Å². The summed E-state index contributed by atoms with van der Waals surface area (Å²) in [6.45, 7) is 4.02. The molecule has 0 aliphatic carbocycles. The van der Waals surface area contributed by atoms with Crippen molar-refractivity contribution in [2.45, 2.75) is 13.5 Å². The molecule has 0 fully saturated rings. The van der Waals surface area contributed by atoms with Gasteiger partial charge in [-0.1, -0.05) is 0 Å². The second-order valence-corrected chi connectivity index (χ2v) is 4.12. The molecular weight excluding hydrogens is 230 g/mol. The molecule has 1 aliphatic rings. The van der Waals surface area contributed by atoms with Crippen molar-refractivity contribution in [3.05, 3.63) is 24.5 Å². The minimum absolute atomic E-state index is 0.579. The number of imidazole rings is 1. The Kier molecular flexibility index (Phi) is 2.59. The molecule has 0 spiro atoms. The molecule has 5 heteroatoms. The van der Waals surface area contributed by atoms with Crippen molar-refractivity contribution in [3.63, 3.8) is 0 Å². The maximum Gasteiger partial charge on any atom is 0.162 e. The van der Waals surface area contributed by atoms with E-state index in [0.717, 1.165) is 29.3 Å². The molecule has 2 heterocycles. The van der Waals surface area contributed by atoms with Crippen LogP contribution in [-0.4, -0.2) is 22.8 Å². The fourth-order valence-electron chi connectivity index (χ4n) is 2.06. The Balaban J connectivity index is 2.03. The number of ether oxygens (including phenoxy) is 2. The molecule has 1 aliphatic heterocycles. The summed E-state index contributed by atoms with van der Waals surface area (Å²) in [6.07, 6.45) is 1.75. The standard InChI is InChI=1S/C13H15N3O2/c1-2-16-8-15-12(13(16)14)9-3-4-10-11(7-9)18-6-5-17-10/h3-4,7-8H,2,5-6,14H2,1H3. The zero-order valence-corrected chi connectivity index (χ0v) is 10.2. The molecule has 2 aromatic rings. The van der Waals surface area contributed by atoms with Crippen LogP contribution in [0.1, 0.15) is 6.92 Å². The van der Waals surface area contributed by atoms with Gasteiger partial charge in [-0.3, -0.25) is 0 Å². The molecule has 1 aromatic carbocycles. The first-order valence-corrected chi connectivity index (χ1v) is 6.00. The summed E-state index contributed by atoms with van der Waals surface area (Å²) in [5.74, 6) is 2.21. The number of nitrogens with two attached hydrogens (primary N) is 1. The third-order valence-electron chi connectivity index (χ3n) is 3.03. The summed E-state index contributed by atoms with van der Waals surface area (Å²) in [5.41, 5.74) is 7.78. The Hall–Kier alpha value is -2.17. The molecule has 3 rings (SSSR count). The minimum Gasteiger partial charge on any atom is -0.486 e. The van der Waals surface area contributed by atoms with Gasteiger partial charge in [0.1, 0.15) is 24.7 Å². The van der Waals surface area contributed by atoms with E-state index in [1.807, 2.05) is 29.7 Å². The summed E-state index contributed by atoms with van der Waals surface area (Å²) in [5, 5.41) is 0. The number of rotatable bonds is 2. The minimum atomic E-state index is 0.579. The molecule has 0 bridgehead atoms. The average molecular weight is 245 g/mol. The molecule has 0 unspecified atom stereocenters. The number of fused-ring (bicyclic) bond motifs is 1. The van der Waals surface area contributed by atoms with Crippen LogP contribution in [0.2, 0.25) is 0 Å². The number of nitrogens with zero attached hydrogens (tertiary/aromatic N) is 2. The fraction of sp³-hybridized carbons (Fsp3) is 0.308. The van der Waals surface area contributed by atoms with E-state index in [1.54, 1.807) is 6.33 Å². The van der Waals surface area contributed by atoms with Crippen molar-refractivity contribution in [2.24, 2.45) is 0 Å². The van der Waals surface area contributed by atoms with Crippen LogP contribution in [0.5, 0.6) is 11.5 Å². The van der Waals surface area contributed by atoms with E-state index in [0.29, 0.717) is 19.0 Å². The maximum atomic E-state index is 6.05. The molecule has 0 saturated heterocycles. The van der Waals surface area contributed by atoms with Crippen LogP contribution in [-0.2, 0) is 6.54 Å². The first kappa shape index (κ1) is 11.0. The summed E-state index contributed by atoms with van der Waals surface area (Å²) in [6, 6.07) is 5.77. The molecular formula is C13H15N3O2. The van der Waals surface area contributed by atoms with Crippen molar-refractivity contribution in [1.82, 2.24) is 9.55 Å². The average Bonchev–Trinajstić information content (AvgIpc) is 2.79. The van der Waals surface area contributed by atoms with Gasteiger partial charge < -0.3 is 19.8 Å². The Labute approximate surface area is 105 Å². The SMILES string of the molecule is CCn1cnc(-c2ccc3c(c2)OCCO3)c1N. The lowest BCUT2D eigenvalue weighted by Gasteiger charge is -2.18. The predicted octanol–water partition coefficient (Wildman–Crippen LogP) is 1.92. The highest BCUT2D eigenvalue weighted by Gasteiger charge is 2.15. The first-order chi connectivity index (χ1) is 8.79. The first-order valence-electron chi connectivity index (χ1n) is 6.00. The zero-order valence-electron chi connectivity index (χ0n) is 10.2. The monoisotopic (exact) mass is 245 g/mol. The molecule has 0 radical (unpaired) electrons. The smallest absolute Gasteiger partial charge is 0.162 e. The Morgan fingerprint density at radius 1 is 1.28 bits per heavy atom. The van der Waals surface area contributed by atoms with Crippen LogP contribution in [0, 0.1) is 0 Å². The topological polar surface area (TPSA) is 62.3 Å². The highest BCUT2D eigenvalue weighted by molar-refractivity contribution is 5.72. The second kappa shape index (κ2) is 4.25. The zero-order chi connectivity index (χ0) is 12.5. The lowest BCUT2D eigenvalue weighted by molar-refractivity contribution is 0.171. The summed E-state index contributed by atoms with van der Waals surface area (Å²) in [4.78, 5) is 4.35. The second-order valence-electron chi connectivity index (χ2n) is 4.12. The van der Waals surface area contributed by atoms with Gasteiger partial charge in [-0.2, -0.15) is 0 Å². The number of hydrogen-bond acceptors (Lipinski definition) is 4. The van der Waals surface area contributed by atoms with Crippen LogP contribution in [0.3, 0.4) is 0 Å². The summed E-state index contributed by atoms with van der Waals surface area (Å²) >= 11 is 0. The Morgan fingerprint density at radius 3 is 2.78 bits per heavy atom. The highest BCUT2D eigenvalue weighted by atomic mass is 16.6. The van der Waals surface area contributed by atoms with Crippen molar-refractivity contribution in [2.75, 3.05) is 18.9 Å². The lowest BCUT2D eigenvalue weighted by Crippen LogP contribution is -2.15. The van der Waals surface area contributed by atoms with Gasteiger partial charge in [-0.05, 0) is 25.1 Å². The largest absolute Gasteiger partial charge is 0.486 e. The number of nitrogen functional groups attached to an aromatic ring is 1. The van der Waals surface area contributed by atoms with E-state index in [4.69, 9.17) is 15.2 Å². The Bertz CT molecular complexity index is 578. The molecule has 0 saturated carbocycles. The van der Waals surface area contributed by atoms with Gasteiger partial charge in [0.2, 0.25) is 0 Å². The summed E-state index contributed by atoms with van der Waals surface area (Å²) < 4.78 is 13.0. The summed E-state index contributed by atoms with van der Waals surface area (Å²) in [7, 11) is 0. The van der Waals surface area contributed by atoms with Crippen LogP contribution >= 0.6 is 0 Å². The molecule has 1 aromatic heterocycles. The van der Waals surface area contributed by atoms with Crippen molar-refractivity contribution in [3.8, 4) is 22.8 Å². The predicted molar refractivity (Wildman–Crippen MR) is 68.7 cm³/mol. The number of anilines is 1. The highest BCUT2D eigenvalue weighted by Crippen LogP contribution is 2.35. The van der Waals surface area contributed by atoms with Crippen LogP contribution in [0.4, 0.5) is 5.82 Å². The van der Waals surface area contributed by atoms with Gasteiger partial charge in [-0.15, -0.1) is 0 Å². The van der Waals surface area contributed by atoms with E-state index < -0.39 is 0 Å². The fourth-order valence-corrected chi connectivity index (χ4v) is 2.06. The van der Waals surface area contributed by atoms with Gasteiger partial charge in [0.15, 0.2) is 11.5 Å². The quantitative estimate of drug-likeness (QED) is 0.878. The molecule has 0 amide bonds. The third-order valence-corrected chi connectivity index (χ3v) is 3.03. The third kappa shape index (κ3) is 1.68. The van der Waals surface area contributed by atoms with Gasteiger partial charge in [0.05, 0.1) is 6.33 Å². The number of hydrogen-bond donors (Lipinski definition) is 1. The van der Waals surface area contributed by atoms with Crippen LogP contribution in [0.25, 0.3) is 11.3 Å². The van der Waals surface area contributed by atoms with E-state index in [-0.39, 0.29) is 0 Å². The molecule has 18 heavy (non-hydrogen) atoms. The van der Waals surface area contributed by atoms with Crippen molar-refractivity contribution in [1.29, 1.82) is 0 Å². The van der Waals surface area contributed by atoms with E-state index >= 15 is 0 Å². The number of aryl methyl sites for hydroxylation is 1. The maximum absolute atomic E-state index is 6.05. The molecule has 94 valence electrons. The van der Waals surface area contributed by atoms with Gasteiger partial charge in [0.25, 0.3) is 0 Å². The normalized spacial score (nSPS) is 13.6. The van der Waals surface area contributed by atoms with E-state index in [1.165, 1.54) is 0 Å². The van der Waals surface area contributed by atoms with Gasteiger partial charge in [0, 0.05) is 12.1 Å². The van der Waals surface area contributed by atoms with E-state index in [9.17, 15) is 0 Å². The number of benzene rings is 1.